The molecule has 0 amide bonds. The highest BCUT2D eigenvalue weighted by Gasteiger charge is 1.98. The topological polar surface area (TPSA) is 58.9 Å². The average molecular weight is 220 g/mol. The highest BCUT2D eigenvalue weighted by atomic mass is 16.1. The van der Waals surface area contributed by atoms with Crippen molar-refractivity contribution in [1.82, 2.24) is 4.98 Å². The molecule has 88 valence electrons. The molecular formula is C13H20N2O. The standard InChI is InChI=1S/C10H9NO.C2H6.CH5N/c1-7-2-3-10-8(4-7)5-9(6-12)11-10;2*1-2/h2-6,11H,1H3;1-2H3;2H2,1H3. The first-order chi connectivity index (χ1) is 7.79. The van der Waals surface area contributed by atoms with Gasteiger partial charge in [-0.05, 0) is 32.2 Å². The molecule has 1 aromatic carbocycles. The van der Waals surface area contributed by atoms with Crippen LogP contribution in [0.4, 0.5) is 0 Å². The zero-order valence-electron chi connectivity index (χ0n) is 10.4. The van der Waals surface area contributed by atoms with Crippen molar-refractivity contribution >= 4 is 17.2 Å². The number of hydrogen-bond acceptors (Lipinski definition) is 2. The highest BCUT2D eigenvalue weighted by Crippen LogP contribution is 2.15. The lowest BCUT2D eigenvalue weighted by Gasteiger charge is -1.90. The zero-order chi connectivity index (χ0) is 12.6. The number of H-pyrrole nitrogens is 1. The van der Waals surface area contributed by atoms with Gasteiger partial charge in [0, 0.05) is 10.9 Å². The van der Waals surface area contributed by atoms with Crippen molar-refractivity contribution in [3.63, 3.8) is 0 Å². The quantitative estimate of drug-likeness (QED) is 0.726. The average Bonchev–Trinajstić information content (AvgIpc) is 2.76. The third-order valence-corrected chi connectivity index (χ3v) is 1.92. The van der Waals surface area contributed by atoms with E-state index in [1.807, 2.05) is 39.0 Å². The van der Waals surface area contributed by atoms with Crippen molar-refractivity contribution in [2.24, 2.45) is 5.73 Å². The van der Waals surface area contributed by atoms with Crippen LogP contribution < -0.4 is 5.73 Å². The molecule has 0 aliphatic rings. The second-order valence-corrected chi connectivity index (χ2v) is 2.93. The first-order valence-electron chi connectivity index (χ1n) is 5.42. The number of aromatic nitrogens is 1. The molecule has 0 atom stereocenters. The fourth-order valence-electron chi connectivity index (χ4n) is 1.34. The van der Waals surface area contributed by atoms with Gasteiger partial charge in [0.2, 0.25) is 0 Å². The Morgan fingerprint density at radius 3 is 2.38 bits per heavy atom. The van der Waals surface area contributed by atoms with Gasteiger partial charge in [0.25, 0.3) is 0 Å². The minimum absolute atomic E-state index is 0.635. The van der Waals surface area contributed by atoms with Gasteiger partial charge in [-0.15, -0.1) is 0 Å². The van der Waals surface area contributed by atoms with Crippen LogP contribution in [-0.4, -0.2) is 18.3 Å². The van der Waals surface area contributed by atoms with Gasteiger partial charge in [-0.1, -0.05) is 25.5 Å². The summed E-state index contributed by atoms with van der Waals surface area (Å²) in [6, 6.07) is 7.92. The first-order valence-corrected chi connectivity index (χ1v) is 5.42. The summed E-state index contributed by atoms with van der Waals surface area (Å²) >= 11 is 0. The Morgan fingerprint density at radius 1 is 1.19 bits per heavy atom. The normalized spacial score (nSPS) is 8.56. The maximum absolute atomic E-state index is 10.4. The zero-order valence-corrected chi connectivity index (χ0v) is 10.4. The van der Waals surface area contributed by atoms with Crippen molar-refractivity contribution in [2.75, 3.05) is 7.05 Å². The third kappa shape index (κ3) is 3.51. The molecule has 1 heterocycles. The van der Waals surface area contributed by atoms with Gasteiger partial charge >= 0.3 is 0 Å². The van der Waals surface area contributed by atoms with E-state index in [1.165, 1.54) is 12.6 Å². The summed E-state index contributed by atoms with van der Waals surface area (Å²) in [6.07, 6.45) is 0.829. The number of carbonyl (C=O) groups is 1. The number of nitrogens with two attached hydrogens (primary N) is 1. The summed E-state index contributed by atoms with van der Waals surface area (Å²) in [5.74, 6) is 0. The Bertz CT molecular complexity index is 432. The summed E-state index contributed by atoms with van der Waals surface area (Å²) in [4.78, 5) is 13.4. The summed E-state index contributed by atoms with van der Waals surface area (Å²) in [5.41, 5.74) is 7.36. The lowest BCUT2D eigenvalue weighted by Crippen LogP contribution is -1.74. The second kappa shape index (κ2) is 7.65. The lowest BCUT2D eigenvalue weighted by molar-refractivity contribution is 0.112. The van der Waals surface area contributed by atoms with E-state index < -0.39 is 0 Å². The molecule has 0 aliphatic heterocycles. The van der Waals surface area contributed by atoms with Crippen LogP contribution in [0.2, 0.25) is 0 Å². The van der Waals surface area contributed by atoms with Gasteiger partial charge < -0.3 is 10.7 Å². The van der Waals surface area contributed by atoms with Crippen molar-refractivity contribution in [1.29, 1.82) is 0 Å². The minimum Gasteiger partial charge on any atom is -0.352 e. The molecule has 0 fully saturated rings. The minimum atomic E-state index is 0.635. The summed E-state index contributed by atoms with van der Waals surface area (Å²) in [6.45, 7) is 6.03. The van der Waals surface area contributed by atoms with Gasteiger partial charge in [0.1, 0.15) is 0 Å². The van der Waals surface area contributed by atoms with Gasteiger partial charge in [-0.25, -0.2) is 0 Å². The molecule has 0 aliphatic carbocycles. The maximum atomic E-state index is 10.4. The van der Waals surface area contributed by atoms with Crippen LogP contribution in [0, 0.1) is 6.92 Å². The van der Waals surface area contributed by atoms with E-state index in [1.54, 1.807) is 0 Å². The Balaban J connectivity index is 0.000000509. The number of rotatable bonds is 1. The van der Waals surface area contributed by atoms with Gasteiger partial charge in [0.15, 0.2) is 6.29 Å². The molecule has 0 spiro atoms. The summed E-state index contributed by atoms with van der Waals surface area (Å²) in [5, 5.41) is 1.09. The molecule has 0 saturated carbocycles. The SMILES string of the molecule is CC.CN.Cc1ccc2[nH]c(C=O)cc2c1. The predicted molar refractivity (Wildman–Crippen MR) is 69.9 cm³/mol. The van der Waals surface area contributed by atoms with E-state index >= 15 is 0 Å². The number of benzene rings is 1. The first kappa shape index (κ1) is 14.4. The van der Waals surface area contributed by atoms with Gasteiger partial charge in [-0.3, -0.25) is 4.79 Å². The highest BCUT2D eigenvalue weighted by molar-refractivity contribution is 5.88. The van der Waals surface area contributed by atoms with Gasteiger partial charge in [-0.2, -0.15) is 0 Å². The number of aryl methyl sites for hydroxylation is 1. The smallest absolute Gasteiger partial charge is 0.166 e. The molecule has 3 heteroatoms. The lowest BCUT2D eigenvalue weighted by atomic mass is 10.2. The summed E-state index contributed by atoms with van der Waals surface area (Å²) < 4.78 is 0. The fraction of sp³-hybridized carbons (Fsp3) is 0.308. The van der Waals surface area contributed by atoms with Crippen LogP contribution in [-0.2, 0) is 0 Å². The number of fused-ring (bicyclic) bond motifs is 1. The number of aldehydes is 1. The maximum Gasteiger partial charge on any atom is 0.166 e. The van der Waals surface area contributed by atoms with Crippen LogP contribution >= 0.6 is 0 Å². The fourth-order valence-corrected chi connectivity index (χ4v) is 1.34. The molecular weight excluding hydrogens is 200 g/mol. The summed E-state index contributed by atoms with van der Waals surface area (Å²) in [7, 11) is 1.50. The molecule has 0 bridgehead atoms. The Hall–Kier alpha value is -1.61. The molecule has 1 aromatic heterocycles. The second-order valence-electron chi connectivity index (χ2n) is 2.93. The van der Waals surface area contributed by atoms with E-state index in [0.29, 0.717) is 5.69 Å². The number of aromatic amines is 1. The van der Waals surface area contributed by atoms with Crippen LogP contribution in [0.3, 0.4) is 0 Å². The Kier molecular flexibility index (Phi) is 6.88. The molecule has 0 radical (unpaired) electrons. The Morgan fingerprint density at radius 2 is 1.81 bits per heavy atom. The van der Waals surface area contributed by atoms with Crippen molar-refractivity contribution < 1.29 is 4.79 Å². The largest absolute Gasteiger partial charge is 0.352 e. The number of carbonyl (C=O) groups excluding carboxylic acids is 1. The molecule has 0 unspecified atom stereocenters. The molecule has 3 nitrogen and oxygen atoms in total. The van der Waals surface area contributed by atoms with E-state index in [2.05, 4.69) is 16.8 Å². The van der Waals surface area contributed by atoms with Gasteiger partial charge in [0.05, 0.1) is 5.69 Å². The van der Waals surface area contributed by atoms with E-state index in [0.717, 1.165) is 17.2 Å². The van der Waals surface area contributed by atoms with E-state index in [9.17, 15) is 4.79 Å². The molecule has 2 rings (SSSR count). The number of hydrogen-bond donors (Lipinski definition) is 2. The van der Waals surface area contributed by atoms with Crippen LogP contribution in [0.1, 0.15) is 29.9 Å². The van der Waals surface area contributed by atoms with Crippen molar-refractivity contribution in [3.05, 3.63) is 35.5 Å². The van der Waals surface area contributed by atoms with E-state index in [-0.39, 0.29) is 0 Å². The van der Waals surface area contributed by atoms with Crippen LogP contribution in [0.15, 0.2) is 24.3 Å². The monoisotopic (exact) mass is 220 g/mol. The Labute approximate surface area is 96.7 Å². The van der Waals surface area contributed by atoms with Crippen LogP contribution in [0.5, 0.6) is 0 Å². The predicted octanol–water partition coefficient (Wildman–Crippen LogP) is 2.89. The van der Waals surface area contributed by atoms with Crippen LogP contribution in [0.25, 0.3) is 10.9 Å². The third-order valence-electron chi connectivity index (χ3n) is 1.92. The molecule has 16 heavy (non-hydrogen) atoms. The molecule has 2 aromatic rings. The molecule has 0 saturated heterocycles. The number of nitrogens with one attached hydrogen (secondary N) is 1. The van der Waals surface area contributed by atoms with Crippen molar-refractivity contribution in [3.8, 4) is 0 Å². The van der Waals surface area contributed by atoms with E-state index in [4.69, 9.17) is 0 Å². The molecule has 3 N–H and O–H groups in total. The van der Waals surface area contributed by atoms with Crippen molar-refractivity contribution in [2.45, 2.75) is 20.8 Å².